The van der Waals surface area contributed by atoms with Crippen LogP contribution in [0.3, 0.4) is 0 Å². The molecule has 1 N–H and O–H groups in total. The molecule has 2 rings (SSSR count). The first kappa shape index (κ1) is 17.3. The monoisotopic (exact) mass is 322 g/mol. The fourth-order valence-corrected chi connectivity index (χ4v) is 3.14. The number of nitrogens with one attached hydrogen (secondary N) is 1. The Labute approximate surface area is 139 Å². The Bertz CT molecular complexity index is 477. The van der Waals surface area contributed by atoms with Crippen LogP contribution in [0.5, 0.6) is 0 Å². The van der Waals surface area contributed by atoms with Crippen molar-refractivity contribution in [3.05, 3.63) is 35.9 Å². The molecule has 0 unspecified atom stereocenters. The first-order valence-corrected chi connectivity index (χ1v) is 8.74. The quantitative estimate of drug-likeness (QED) is 0.587. The first-order chi connectivity index (χ1) is 10.5. The van der Waals surface area contributed by atoms with E-state index in [1.807, 2.05) is 18.2 Å². The standard InChI is InChI=1S/C18H27ClN2O/c1-13(2)14(3)9-10-20-21-17(16(12-19)18(21)22)11-15-7-5-4-6-8-15/h4-8,13-14,16-17,20H,9-12H2,1-3H3/t14-,16-,17-/m0/s1. The number of rotatable bonds is 8. The molecule has 4 heteroatoms. The van der Waals surface area contributed by atoms with Gasteiger partial charge in [0.25, 0.3) is 0 Å². The Morgan fingerprint density at radius 1 is 1.23 bits per heavy atom. The number of hydrogen-bond donors (Lipinski definition) is 1. The highest BCUT2D eigenvalue weighted by atomic mass is 35.5. The number of β-lactam (4-membered cyclic amide) rings is 1. The summed E-state index contributed by atoms with van der Waals surface area (Å²) in [7, 11) is 0. The molecule has 1 aromatic rings. The fraction of sp³-hybridized carbons (Fsp3) is 0.611. The summed E-state index contributed by atoms with van der Waals surface area (Å²) in [6, 6.07) is 10.5. The fourth-order valence-electron chi connectivity index (χ4n) is 2.80. The normalized spacial score (nSPS) is 22.8. The molecule has 1 heterocycles. The van der Waals surface area contributed by atoms with Crippen molar-refractivity contribution in [2.45, 2.75) is 39.7 Å². The number of hydrogen-bond acceptors (Lipinski definition) is 2. The molecule has 1 amide bonds. The highest BCUT2D eigenvalue weighted by molar-refractivity contribution is 6.19. The van der Waals surface area contributed by atoms with Gasteiger partial charge in [-0.3, -0.25) is 9.80 Å². The summed E-state index contributed by atoms with van der Waals surface area (Å²) in [4.78, 5) is 12.2. The zero-order chi connectivity index (χ0) is 16.1. The number of halogens is 1. The predicted molar refractivity (Wildman–Crippen MR) is 91.6 cm³/mol. The highest BCUT2D eigenvalue weighted by Gasteiger charge is 2.46. The largest absolute Gasteiger partial charge is 0.273 e. The van der Waals surface area contributed by atoms with E-state index in [-0.39, 0.29) is 17.9 Å². The second kappa shape index (κ2) is 7.98. The van der Waals surface area contributed by atoms with E-state index in [2.05, 4.69) is 38.3 Å². The Morgan fingerprint density at radius 2 is 1.91 bits per heavy atom. The smallest absolute Gasteiger partial charge is 0.243 e. The molecule has 1 saturated heterocycles. The van der Waals surface area contributed by atoms with Crippen LogP contribution in [-0.4, -0.2) is 29.4 Å². The van der Waals surface area contributed by atoms with Gasteiger partial charge in [0.15, 0.2) is 0 Å². The minimum Gasteiger partial charge on any atom is -0.273 e. The van der Waals surface area contributed by atoms with Gasteiger partial charge >= 0.3 is 0 Å². The van der Waals surface area contributed by atoms with Crippen LogP contribution in [0.15, 0.2) is 30.3 Å². The van der Waals surface area contributed by atoms with E-state index in [0.29, 0.717) is 17.7 Å². The predicted octanol–water partition coefficient (Wildman–Crippen LogP) is 3.48. The van der Waals surface area contributed by atoms with Crippen molar-refractivity contribution in [3.63, 3.8) is 0 Å². The lowest BCUT2D eigenvalue weighted by Crippen LogP contribution is -2.67. The van der Waals surface area contributed by atoms with Crippen LogP contribution in [0.2, 0.25) is 0 Å². The number of benzene rings is 1. The molecule has 0 aromatic heterocycles. The summed E-state index contributed by atoms with van der Waals surface area (Å²) in [5.41, 5.74) is 4.56. The van der Waals surface area contributed by atoms with Gasteiger partial charge in [0.1, 0.15) is 0 Å². The van der Waals surface area contributed by atoms with Crippen LogP contribution < -0.4 is 5.43 Å². The molecule has 1 aromatic carbocycles. The number of carbonyl (C=O) groups excluding carboxylic acids is 1. The number of amides is 1. The van der Waals surface area contributed by atoms with Crippen molar-refractivity contribution in [2.75, 3.05) is 12.4 Å². The molecule has 22 heavy (non-hydrogen) atoms. The van der Waals surface area contributed by atoms with Gasteiger partial charge in [-0.05, 0) is 30.2 Å². The second-order valence-electron chi connectivity index (χ2n) is 6.64. The lowest BCUT2D eigenvalue weighted by Gasteiger charge is -2.46. The van der Waals surface area contributed by atoms with Crippen molar-refractivity contribution in [2.24, 2.45) is 17.8 Å². The lowest BCUT2D eigenvalue weighted by atomic mass is 9.86. The third kappa shape index (κ3) is 4.02. The van der Waals surface area contributed by atoms with E-state index in [1.165, 1.54) is 5.56 Å². The van der Waals surface area contributed by atoms with Crippen LogP contribution in [-0.2, 0) is 11.2 Å². The van der Waals surface area contributed by atoms with Crippen molar-refractivity contribution in [1.82, 2.24) is 10.4 Å². The number of carbonyl (C=O) groups is 1. The molecule has 1 aliphatic heterocycles. The van der Waals surface area contributed by atoms with E-state index in [0.717, 1.165) is 19.4 Å². The molecule has 3 nitrogen and oxygen atoms in total. The molecular weight excluding hydrogens is 296 g/mol. The number of hydrazine groups is 1. The Morgan fingerprint density at radius 3 is 2.50 bits per heavy atom. The lowest BCUT2D eigenvalue weighted by molar-refractivity contribution is -0.161. The first-order valence-electron chi connectivity index (χ1n) is 8.21. The summed E-state index contributed by atoms with van der Waals surface area (Å²) >= 11 is 5.98. The van der Waals surface area contributed by atoms with E-state index in [1.54, 1.807) is 5.01 Å². The van der Waals surface area contributed by atoms with Gasteiger partial charge in [-0.25, -0.2) is 5.43 Å². The van der Waals surface area contributed by atoms with Crippen molar-refractivity contribution >= 4 is 17.5 Å². The maximum Gasteiger partial charge on any atom is 0.243 e. The molecule has 0 spiro atoms. The Balaban J connectivity index is 1.89. The molecule has 122 valence electrons. The van der Waals surface area contributed by atoms with E-state index < -0.39 is 0 Å². The Hall–Kier alpha value is -1.06. The third-order valence-corrected chi connectivity index (χ3v) is 5.16. The van der Waals surface area contributed by atoms with Crippen molar-refractivity contribution < 1.29 is 4.79 Å². The highest BCUT2D eigenvalue weighted by Crippen LogP contribution is 2.29. The SMILES string of the molecule is CC(C)[C@@H](C)CCNN1C(=O)[C@@H](CCl)[C@@H]1Cc1ccccc1. The molecule has 0 bridgehead atoms. The van der Waals surface area contributed by atoms with Gasteiger partial charge in [-0.1, -0.05) is 51.1 Å². The van der Waals surface area contributed by atoms with Gasteiger partial charge in [0.05, 0.1) is 12.0 Å². The number of nitrogens with zero attached hydrogens (tertiary/aromatic N) is 1. The molecule has 0 aliphatic carbocycles. The maximum absolute atomic E-state index is 12.2. The molecule has 0 radical (unpaired) electrons. The summed E-state index contributed by atoms with van der Waals surface area (Å²) in [5.74, 6) is 1.80. The average molecular weight is 323 g/mol. The average Bonchev–Trinajstić information content (AvgIpc) is 2.52. The van der Waals surface area contributed by atoms with E-state index in [4.69, 9.17) is 11.6 Å². The van der Waals surface area contributed by atoms with Crippen LogP contribution in [0.4, 0.5) is 0 Å². The topological polar surface area (TPSA) is 32.3 Å². The summed E-state index contributed by atoms with van der Waals surface area (Å²) in [6.07, 6.45) is 1.93. The summed E-state index contributed by atoms with van der Waals surface area (Å²) in [6.45, 7) is 7.57. The minimum atomic E-state index is -0.0584. The van der Waals surface area contributed by atoms with E-state index >= 15 is 0 Å². The molecule has 1 fully saturated rings. The Kier molecular flexibility index (Phi) is 6.27. The second-order valence-corrected chi connectivity index (χ2v) is 6.95. The molecular formula is C18H27ClN2O. The van der Waals surface area contributed by atoms with Crippen LogP contribution >= 0.6 is 11.6 Å². The van der Waals surface area contributed by atoms with Gasteiger partial charge < -0.3 is 0 Å². The van der Waals surface area contributed by atoms with E-state index in [9.17, 15) is 4.79 Å². The summed E-state index contributed by atoms with van der Waals surface area (Å²) in [5, 5.41) is 1.80. The molecule has 1 aliphatic rings. The third-order valence-electron chi connectivity index (χ3n) is 4.82. The zero-order valence-electron chi connectivity index (χ0n) is 13.8. The molecule has 0 saturated carbocycles. The van der Waals surface area contributed by atoms with Crippen LogP contribution in [0.1, 0.15) is 32.8 Å². The maximum atomic E-state index is 12.2. The zero-order valence-corrected chi connectivity index (χ0v) is 14.5. The van der Waals surface area contributed by atoms with Gasteiger partial charge in [0.2, 0.25) is 5.91 Å². The van der Waals surface area contributed by atoms with Crippen molar-refractivity contribution in [3.8, 4) is 0 Å². The van der Waals surface area contributed by atoms with Crippen LogP contribution in [0, 0.1) is 17.8 Å². The van der Waals surface area contributed by atoms with Crippen LogP contribution in [0.25, 0.3) is 0 Å². The van der Waals surface area contributed by atoms with Gasteiger partial charge in [-0.2, -0.15) is 0 Å². The van der Waals surface area contributed by atoms with Gasteiger partial charge in [0, 0.05) is 12.4 Å². The van der Waals surface area contributed by atoms with Gasteiger partial charge in [-0.15, -0.1) is 11.6 Å². The van der Waals surface area contributed by atoms with Crippen molar-refractivity contribution in [1.29, 1.82) is 0 Å². The number of alkyl halides is 1. The summed E-state index contributed by atoms with van der Waals surface area (Å²) < 4.78 is 0. The molecule has 3 atom stereocenters. The minimum absolute atomic E-state index is 0.0584.